The lowest BCUT2D eigenvalue weighted by Crippen LogP contribution is -2.48. The summed E-state index contributed by atoms with van der Waals surface area (Å²) in [5, 5.41) is 2.03. The Labute approximate surface area is 204 Å². The Morgan fingerprint density at radius 2 is 1.88 bits per heavy atom. The lowest BCUT2D eigenvalue weighted by Gasteiger charge is -2.33. The average molecular weight is 487 g/mol. The fraction of sp³-hybridized carbons (Fsp3) is 0.346. The molecule has 2 heterocycles. The maximum absolute atomic E-state index is 13.0. The molecule has 4 rings (SSSR count). The molecule has 7 heteroatoms. The van der Waals surface area contributed by atoms with Gasteiger partial charge >= 0.3 is 0 Å². The van der Waals surface area contributed by atoms with Gasteiger partial charge in [-0.2, -0.15) is 0 Å². The number of allylic oxidation sites excluding steroid dienone is 1. The SMILES string of the molecule is CCN1CCN(C(=O)/C=C(\C)c2cc3c(-c4ccc(Cl)cc4Cl)coc3c(C)c2OC)CC1. The first-order valence-electron chi connectivity index (χ1n) is 11.1. The van der Waals surface area contributed by atoms with E-state index in [9.17, 15) is 4.79 Å². The number of ether oxygens (including phenoxy) is 1. The van der Waals surface area contributed by atoms with Gasteiger partial charge in [0.15, 0.2) is 0 Å². The number of fused-ring (bicyclic) bond motifs is 1. The zero-order valence-corrected chi connectivity index (χ0v) is 20.9. The molecule has 0 atom stereocenters. The van der Waals surface area contributed by atoms with E-state index < -0.39 is 0 Å². The van der Waals surface area contributed by atoms with Crippen molar-refractivity contribution in [3.8, 4) is 16.9 Å². The molecule has 1 amide bonds. The molecule has 1 saturated heterocycles. The minimum Gasteiger partial charge on any atom is -0.496 e. The second-order valence-corrected chi connectivity index (χ2v) is 9.16. The van der Waals surface area contributed by atoms with Gasteiger partial charge in [-0.15, -0.1) is 0 Å². The zero-order chi connectivity index (χ0) is 23.7. The maximum Gasteiger partial charge on any atom is 0.246 e. The van der Waals surface area contributed by atoms with Gasteiger partial charge in [-0.1, -0.05) is 36.2 Å². The van der Waals surface area contributed by atoms with Crippen molar-refractivity contribution in [3.63, 3.8) is 0 Å². The summed E-state index contributed by atoms with van der Waals surface area (Å²) < 4.78 is 11.7. The smallest absolute Gasteiger partial charge is 0.246 e. The average Bonchev–Trinajstić information content (AvgIpc) is 3.23. The van der Waals surface area contributed by atoms with E-state index in [1.165, 1.54) is 0 Å². The highest BCUT2D eigenvalue weighted by Crippen LogP contribution is 2.42. The van der Waals surface area contributed by atoms with Crippen molar-refractivity contribution in [2.24, 2.45) is 0 Å². The maximum atomic E-state index is 13.0. The van der Waals surface area contributed by atoms with Gasteiger partial charge in [0.1, 0.15) is 11.3 Å². The summed E-state index contributed by atoms with van der Waals surface area (Å²) in [5.41, 5.74) is 5.00. The Kier molecular flexibility index (Phi) is 7.03. The monoisotopic (exact) mass is 486 g/mol. The summed E-state index contributed by atoms with van der Waals surface area (Å²) in [5.74, 6) is 0.721. The molecule has 0 N–H and O–H groups in total. The topological polar surface area (TPSA) is 45.9 Å². The van der Waals surface area contributed by atoms with E-state index in [2.05, 4.69) is 11.8 Å². The van der Waals surface area contributed by atoms with Crippen molar-refractivity contribution in [1.29, 1.82) is 0 Å². The Morgan fingerprint density at radius 3 is 2.52 bits per heavy atom. The van der Waals surface area contributed by atoms with Gasteiger partial charge in [0.2, 0.25) is 5.91 Å². The molecule has 0 saturated carbocycles. The number of hydrogen-bond acceptors (Lipinski definition) is 4. The molecular formula is C26H28Cl2N2O3. The van der Waals surface area contributed by atoms with E-state index in [1.54, 1.807) is 31.6 Å². The molecule has 33 heavy (non-hydrogen) atoms. The Morgan fingerprint density at radius 1 is 1.15 bits per heavy atom. The first-order chi connectivity index (χ1) is 15.8. The van der Waals surface area contributed by atoms with Crippen molar-refractivity contribution in [2.45, 2.75) is 20.8 Å². The van der Waals surface area contributed by atoms with Crippen LogP contribution >= 0.6 is 23.2 Å². The lowest BCUT2D eigenvalue weighted by atomic mass is 9.96. The molecule has 0 spiro atoms. The first kappa shape index (κ1) is 23.7. The van der Waals surface area contributed by atoms with E-state index >= 15 is 0 Å². The molecule has 1 fully saturated rings. The van der Waals surface area contributed by atoms with Crippen LogP contribution in [0.2, 0.25) is 10.0 Å². The van der Waals surface area contributed by atoms with Crippen LogP contribution in [-0.2, 0) is 4.79 Å². The minimum atomic E-state index is 0.0243. The van der Waals surface area contributed by atoms with Gasteiger partial charge in [0.25, 0.3) is 0 Å². The number of likely N-dealkylation sites (N-methyl/N-ethyl adjacent to an activating group) is 1. The molecule has 3 aromatic rings. The van der Waals surface area contributed by atoms with Crippen molar-refractivity contribution in [2.75, 3.05) is 39.8 Å². The number of carbonyl (C=O) groups is 1. The molecule has 1 aromatic heterocycles. The number of piperazine rings is 1. The third-order valence-corrected chi connectivity index (χ3v) is 6.91. The van der Waals surface area contributed by atoms with Gasteiger partial charge in [-0.25, -0.2) is 0 Å². The second kappa shape index (κ2) is 9.80. The molecule has 0 aliphatic carbocycles. The first-order valence-corrected chi connectivity index (χ1v) is 11.8. The van der Waals surface area contributed by atoms with Gasteiger partial charge in [0, 0.05) is 64.9 Å². The fourth-order valence-corrected chi connectivity index (χ4v) is 4.94. The number of nitrogens with zero attached hydrogens (tertiary/aromatic N) is 2. The number of methoxy groups -OCH3 is 1. The number of aryl methyl sites for hydroxylation is 1. The molecule has 174 valence electrons. The summed E-state index contributed by atoms with van der Waals surface area (Å²) in [6.07, 6.45) is 3.41. The Hall–Kier alpha value is -2.47. The number of rotatable bonds is 5. The second-order valence-electron chi connectivity index (χ2n) is 8.32. The highest BCUT2D eigenvalue weighted by atomic mass is 35.5. The van der Waals surface area contributed by atoms with Crippen LogP contribution in [0.15, 0.2) is 41.0 Å². The molecule has 0 unspecified atom stereocenters. The van der Waals surface area contributed by atoms with Crippen LogP contribution < -0.4 is 4.74 Å². The van der Waals surface area contributed by atoms with Crippen LogP contribution in [0.3, 0.4) is 0 Å². The van der Waals surface area contributed by atoms with E-state index in [0.717, 1.165) is 71.5 Å². The number of hydrogen-bond donors (Lipinski definition) is 0. The van der Waals surface area contributed by atoms with Crippen LogP contribution in [0.1, 0.15) is 25.0 Å². The number of amides is 1. The van der Waals surface area contributed by atoms with Gasteiger partial charge in [-0.3, -0.25) is 4.79 Å². The predicted molar refractivity (Wildman–Crippen MR) is 135 cm³/mol. The van der Waals surface area contributed by atoms with Crippen LogP contribution in [0.4, 0.5) is 0 Å². The van der Waals surface area contributed by atoms with E-state index in [4.69, 9.17) is 32.4 Å². The third-order valence-electron chi connectivity index (χ3n) is 6.37. The Bertz CT molecular complexity index is 1220. The third kappa shape index (κ3) is 4.63. The molecule has 0 bridgehead atoms. The number of furan rings is 1. The fourth-order valence-electron chi connectivity index (χ4n) is 4.43. The molecule has 2 aromatic carbocycles. The highest BCUT2D eigenvalue weighted by molar-refractivity contribution is 6.36. The number of halogens is 2. The minimum absolute atomic E-state index is 0.0243. The zero-order valence-electron chi connectivity index (χ0n) is 19.4. The normalized spacial score (nSPS) is 15.3. The standard InChI is InChI=1S/C26H28Cl2N2O3/c1-5-29-8-10-30(11-9-29)24(31)12-16(2)20-14-21-22(19-7-6-18(27)13-23(19)28)15-33-26(21)17(3)25(20)32-4/h6-7,12-15H,5,8-11H2,1-4H3/b16-12+. The van der Waals surface area contributed by atoms with Crippen molar-refractivity contribution in [1.82, 2.24) is 9.80 Å². The van der Waals surface area contributed by atoms with E-state index in [0.29, 0.717) is 15.8 Å². The highest BCUT2D eigenvalue weighted by Gasteiger charge is 2.22. The molecule has 1 aliphatic rings. The summed E-state index contributed by atoms with van der Waals surface area (Å²) >= 11 is 12.6. The molecule has 0 radical (unpaired) electrons. The summed E-state index contributed by atoms with van der Waals surface area (Å²) in [6, 6.07) is 7.42. The van der Waals surface area contributed by atoms with Gasteiger partial charge < -0.3 is 19.0 Å². The summed E-state index contributed by atoms with van der Waals surface area (Å²) in [4.78, 5) is 17.2. The lowest BCUT2D eigenvalue weighted by molar-refractivity contribution is -0.127. The van der Waals surface area contributed by atoms with Crippen LogP contribution in [0.5, 0.6) is 5.75 Å². The van der Waals surface area contributed by atoms with Crippen molar-refractivity contribution >= 4 is 45.7 Å². The molecule has 1 aliphatic heterocycles. The van der Waals surface area contributed by atoms with Crippen LogP contribution in [0, 0.1) is 6.92 Å². The van der Waals surface area contributed by atoms with Crippen LogP contribution in [0.25, 0.3) is 27.7 Å². The number of benzene rings is 2. The van der Waals surface area contributed by atoms with E-state index in [-0.39, 0.29) is 5.91 Å². The van der Waals surface area contributed by atoms with Gasteiger partial charge in [0.05, 0.1) is 18.4 Å². The molecule has 5 nitrogen and oxygen atoms in total. The van der Waals surface area contributed by atoms with E-state index in [1.807, 2.05) is 30.9 Å². The Balaban J connectivity index is 1.75. The molecular weight excluding hydrogens is 459 g/mol. The van der Waals surface area contributed by atoms with Crippen LogP contribution in [-0.4, -0.2) is 55.5 Å². The summed E-state index contributed by atoms with van der Waals surface area (Å²) in [7, 11) is 1.64. The van der Waals surface area contributed by atoms with Crippen molar-refractivity contribution in [3.05, 3.63) is 57.8 Å². The quantitative estimate of drug-likeness (QED) is 0.397. The largest absolute Gasteiger partial charge is 0.496 e. The summed E-state index contributed by atoms with van der Waals surface area (Å²) in [6.45, 7) is 10.4. The van der Waals surface area contributed by atoms with Gasteiger partial charge in [-0.05, 0) is 44.2 Å². The number of carbonyl (C=O) groups excluding carboxylic acids is 1. The van der Waals surface area contributed by atoms with Crippen molar-refractivity contribution < 1.29 is 13.9 Å². The predicted octanol–water partition coefficient (Wildman–Crippen LogP) is 6.29.